The van der Waals surface area contributed by atoms with Crippen molar-refractivity contribution in [3.63, 3.8) is 0 Å². The first-order valence-corrected chi connectivity index (χ1v) is 5.10. The fourth-order valence-corrected chi connectivity index (χ4v) is 1.34. The van der Waals surface area contributed by atoms with Gasteiger partial charge in [0.05, 0.1) is 12.6 Å². The third-order valence-electron chi connectivity index (χ3n) is 2.32. The molecule has 84 valence electrons. The van der Waals surface area contributed by atoms with Crippen LogP contribution in [0.3, 0.4) is 0 Å². The molecule has 2 N–H and O–H groups in total. The number of hydrogen-bond acceptors (Lipinski definition) is 3. The Hall–Kier alpha value is -1.29. The first-order chi connectivity index (χ1) is 7.04. The second-order valence-electron chi connectivity index (χ2n) is 3.72. The molecule has 0 aliphatic carbocycles. The topological polar surface area (TPSA) is 59.5 Å². The minimum absolute atomic E-state index is 0.0495. The van der Waals surface area contributed by atoms with E-state index in [0.29, 0.717) is 13.0 Å². The van der Waals surface area contributed by atoms with Gasteiger partial charge in [-0.2, -0.15) is 0 Å². The van der Waals surface area contributed by atoms with Gasteiger partial charge in [-0.25, -0.2) is 0 Å². The summed E-state index contributed by atoms with van der Waals surface area (Å²) in [5.41, 5.74) is 5.65. The molecule has 1 heterocycles. The normalized spacial score (nSPS) is 12.5. The molecule has 0 spiro atoms. The highest BCUT2D eigenvalue weighted by molar-refractivity contribution is 5.81. The first kappa shape index (κ1) is 11.8. The van der Waals surface area contributed by atoms with Crippen molar-refractivity contribution < 1.29 is 9.21 Å². The van der Waals surface area contributed by atoms with Gasteiger partial charge in [0.1, 0.15) is 11.5 Å². The minimum atomic E-state index is -0.411. The van der Waals surface area contributed by atoms with Crippen molar-refractivity contribution in [2.45, 2.75) is 32.9 Å². The highest BCUT2D eigenvalue weighted by atomic mass is 16.3. The smallest absolute Gasteiger partial charge is 0.239 e. The second-order valence-corrected chi connectivity index (χ2v) is 3.72. The maximum atomic E-state index is 11.6. The van der Waals surface area contributed by atoms with Crippen LogP contribution in [0.4, 0.5) is 0 Å². The van der Waals surface area contributed by atoms with E-state index < -0.39 is 6.04 Å². The highest BCUT2D eigenvalue weighted by Gasteiger charge is 2.16. The van der Waals surface area contributed by atoms with Crippen LogP contribution < -0.4 is 5.73 Å². The predicted octanol–water partition coefficient (Wildman–Crippen LogP) is 1.28. The maximum absolute atomic E-state index is 11.6. The summed E-state index contributed by atoms with van der Waals surface area (Å²) < 4.78 is 5.38. The van der Waals surface area contributed by atoms with Crippen LogP contribution in [0.15, 0.2) is 16.5 Å². The number of hydrogen-bond donors (Lipinski definition) is 1. The number of amides is 1. The van der Waals surface area contributed by atoms with E-state index in [1.165, 1.54) is 0 Å². The van der Waals surface area contributed by atoms with Gasteiger partial charge >= 0.3 is 0 Å². The molecular formula is C11H18N2O2. The average molecular weight is 210 g/mol. The summed E-state index contributed by atoms with van der Waals surface area (Å²) >= 11 is 0. The first-order valence-electron chi connectivity index (χ1n) is 5.10. The van der Waals surface area contributed by atoms with Crippen LogP contribution in [0.1, 0.15) is 24.9 Å². The van der Waals surface area contributed by atoms with E-state index in [-0.39, 0.29) is 5.91 Å². The third kappa shape index (κ3) is 3.09. The Bertz CT molecular complexity index is 333. The van der Waals surface area contributed by atoms with Gasteiger partial charge < -0.3 is 15.1 Å². The lowest BCUT2D eigenvalue weighted by Gasteiger charge is -2.19. The fraction of sp³-hybridized carbons (Fsp3) is 0.545. The molecule has 0 aliphatic heterocycles. The molecule has 0 radical (unpaired) electrons. The molecule has 4 heteroatoms. The Morgan fingerprint density at radius 3 is 2.73 bits per heavy atom. The quantitative estimate of drug-likeness (QED) is 0.814. The van der Waals surface area contributed by atoms with Gasteiger partial charge in [-0.05, 0) is 25.5 Å². The number of carbonyl (C=O) groups excluding carboxylic acids is 1. The Morgan fingerprint density at radius 2 is 2.27 bits per heavy atom. The van der Waals surface area contributed by atoms with E-state index >= 15 is 0 Å². The summed E-state index contributed by atoms with van der Waals surface area (Å²) in [5, 5.41) is 0. The van der Waals surface area contributed by atoms with Gasteiger partial charge in [0.15, 0.2) is 0 Å². The number of furan rings is 1. The van der Waals surface area contributed by atoms with Crippen LogP contribution in [0.5, 0.6) is 0 Å². The van der Waals surface area contributed by atoms with Crippen molar-refractivity contribution in [2.75, 3.05) is 7.05 Å². The molecule has 1 rings (SSSR count). The summed E-state index contributed by atoms with van der Waals surface area (Å²) in [7, 11) is 1.73. The van der Waals surface area contributed by atoms with E-state index in [1.54, 1.807) is 11.9 Å². The molecule has 4 nitrogen and oxygen atoms in total. The average Bonchev–Trinajstić information content (AvgIpc) is 2.61. The van der Waals surface area contributed by atoms with Gasteiger partial charge in [0, 0.05) is 7.05 Å². The number of likely N-dealkylation sites (N-methyl/N-ethyl adjacent to an activating group) is 1. The molecule has 1 amide bonds. The Balaban J connectivity index is 2.55. The number of nitrogens with two attached hydrogens (primary N) is 1. The summed E-state index contributed by atoms with van der Waals surface area (Å²) in [6.07, 6.45) is 0.653. The number of nitrogens with zero attached hydrogens (tertiary/aromatic N) is 1. The molecule has 0 aromatic carbocycles. The van der Waals surface area contributed by atoms with Crippen LogP contribution in [0.2, 0.25) is 0 Å². The zero-order chi connectivity index (χ0) is 11.4. The van der Waals surface area contributed by atoms with E-state index in [9.17, 15) is 4.79 Å². The van der Waals surface area contributed by atoms with Gasteiger partial charge in [-0.1, -0.05) is 6.92 Å². The summed E-state index contributed by atoms with van der Waals surface area (Å²) in [6.45, 7) is 4.25. The van der Waals surface area contributed by atoms with Crippen molar-refractivity contribution >= 4 is 5.91 Å². The molecule has 0 saturated heterocycles. The van der Waals surface area contributed by atoms with Crippen LogP contribution in [-0.4, -0.2) is 23.9 Å². The van der Waals surface area contributed by atoms with Gasteiger partial charge in [-0.15, -0.1) is 0 Å². The SMILES string of the molecule is CCC(N)C(=O)N(C)Cc1ccc(C)o1. The predicted molar refractivity (Wildman–Crippen MR) is 58.2 cm³/mol. The molecule has 0 bridgehead atoms. The van der Waals surface area contributed by atoms with E-state index in [4.69, 9.17) is 10.2 Å². The second kappa shape index (κ2) is 4.98. The molecule has 1 atom stereocenters. The van der Waals surface area contributed by atoms with Crippen LogP contribution in [-0.2, 0) is 11.3 Å². The standard InChI is InChI=1S/C11H18N2O2/c1-4-10(12)11(14)13(3)7-9-6-5-8(2)15-9/h5-6,10H,4,7,12H2,1-3H3. The molecule has 0 saturated carbocycles. The maximum Gasteiger partial charge on any atom is 0.239 e. The Kier molecular flexibility index (Phi) is 3.91. The lowest BCUT2D eigenvalue weighted by molar-refractivity contribution is -0.132. The lowest BCUT2D eigenvalue weighted by Crippen LogP contribution is -2.40. The van der Waals surface area contributed by atoms with Crippen molar-refractivity contribution in [2.24, 2.45) is 5.73 Å². The summed E-state index contributed by atoms with van der Waals surface area (Å²) in [6, 6.07) is 3.34. The van der Waals surface area contributed by atoms with Gasteiger partial charge in [0.2, 0.25) is 5.91 Å². The summed E-state index contributed by atoms with van der Waals surface area (Å²) in [4.78, 5) is 13.2. The van der Waals surface area contributed by atoms with Gasteiger partial charge in [-0.3, -0.25) is 4.79 Å². The molecule has 15 heavy (non-hydrogen) atoms. The highest BCUT2D eigenvalue weighted by Crippen LogP contribution is 2.09. The Labute approximate surface area is 90.0 Å². The van der Waals surface area contributed by atoms with E-state index in [0.717, 1.165) is 11.5 Å². The van der Waals surface area contributed by atoms with Crippen molar-refractivity contribution in [1.82, 2.24) is 4.90 Å². The molecule has 0 fully saturated rings. The Morgan fingerprint density at radius 1 is 1.60 bits per heavy atom. The van der Waals surface area contributed by atoms with Crippen LogP contribution in [0.25, 0.3) is 0 Å². The van der Waals surface area contributed by atoms with Crippen molar-refractivity contribution in [3.05, 3.63) is 23.7 Å². The number of rotatable bonds is 4. The molecule has 0 aliphatic rings. The molecular weight excluding hydrogens is 192 g/mol. The minimum Gasteiger partial charge on any atom is -0.464 e. The van der Waals surface area contributed by atoms with Crippen molar-refractivity contribution in [1.29, 1.82) is 0 Å². The zero-order valence-electron chi connectivity index (χ0n) is 9.49. The molecule has 1 aromatic rings. The van der Waals surface area contributed by atoms with Crippen molar-refractivity contribution in [3.8, 4) is 0 Å². The molecule has 1 unspecified atom stereocenters. The zero-order valence-corrected chi connectivity index (χ0v) is 9.49. The monoisotopic (exact) mass is 210 g/mol. The van der Waals surface area contributed by atoms with Gasteiger partial charge in [0.25, 0.3) is 0 Å². The number of aryl methyl sites for hydroxylation is 1. The van der Waals surface area contributed by atoms with E-state index in [2.05, 4.69) is 0 Å². The van der Waals surface area contributed by atoms with E-state index in [1.807, 2.05) is 26.0 Å². The third-order valence-corrected chi connectivity index (χ3v) is 2.32. The lowest BCUT2D eigenvalue weighted by atomic mass is 10.2. The number of carbonyl (C=O) groups is 1. The summed E-state index contributed by atoms with van der Waals surface area (Å²) in [5.74, 6) is 1.59. The largest absolute Gasteiger partial charge is 0.464 e. The van der Waals surface area contributed by atoms with Crippen LogP contribution in [0, 0.1) is 6.92 Å². The molecule has 1 aromatic heterocycles. The van der Waals surface area contributed by atoms with Crippen LogP contribution >= 0.6 is 0 Å². The fourth-order valence-electron chi connectivity index (χ4n) is 1.34.